The Bertz CT molecular complexity index is 1690. The first-order chi connectivity index (χ1) is 23.6. The highest BCUT2D eigenvalue weighted by Crippen LogP contribution is 2.35. The Labute approximate surface area is 286 Å². The minimum absolute atomic E-state index is 0.213. The maximum Gasteiger partial charge on any atom is 0.430 e. The van der Waals surface area contributed by atoms with E-state index in [1.54, 1.807) is 48.2 Å². The van der Waals surface area contributed by atoms with Crippen LogP contribution in [0.2, 0.25) is 0 Å². The van der Waals surface area contributed by atoms with Gasteiger partial charge in [-0.05, 0) is 67.1 Å². The Hall–Kier alpha value is -5.51. The van der Waals surface area contributed by atoms with E-state index >= 15 is 0 Å². The normalized spacial score (nSPS) is 18.3. The summed E-state index contributed by atoms with van der Waals surface area (Å²) < 4.78 is 48.3. The van der Waals surface area contributed by atoms with Gasteiger partial charge in [0.15, 0.2) is 11.5 Å². The van der Waals surface area contributed by atoms with Gasteiger partial charge in [0.05, 0.1) is 38.3 Å². The number of ether oxygens (including phenoxy) is 3. The van der Waals surface area contributed by atoms with Gasteiger partial charge < -0.3 is 50.3 Å². The molecular weight excluding hydrogens is 663 g/mol. The molecule has 3 aromatic rings. The molecule has 1 unspecified atom stereocenters. The maximum atomic E-state index is 14.0. The lowest BCUT2D eigenvalue weighted by Crippen LogP contribution is -2.56. The molecule has 0 radical (unpaired) electrons. The fourth-order valence-electron chi connectivity index (χ4n) is 5.87. The predicted octanol–water partition coefficient (Wildman–Crippen LogP) is 2.82. The number of rotatable bonds is 10. The van der Waals surface area contributed by atoms with Crippen molar-refractivity contribution >= 4 is 35.3 Å². The van der Waals surface area contributed by atoms with Crippen LogP contribution in [-0.2, 0) is 27.3 Å². The van der Waals surface area contributed by atoms with E-state index in [9.17, 15) is 27.6 Å². The van der Waals surface area contributed by atoms with Crippen molar-refractivity contribution in [2.75, 3.05) is 44.6 Å². The molecule has 0 aromatic heterocycles. The molecule has 5 rings (SSSR count). The Morgan fingerprint density at radius 3 is 2.24 bits per heavy atom. The number of halogens is 3. The number of urea groups is 1. The third-order valence-electron chi connectivity index (χ3n) is 8.23. The molecule has 3 aromatic carbocycles. The van der Waals surface area contributed by atoms with Crippen LogP contribution < -0.4 is 31.4 Å². The summed E-state index contributed by atoms with van der Waals surface area (Å²) in [7, 11) is 2.15. The molecule has 13 nitrogen and oxygen atoms in total. The fourth-order valence-corrected chi connectivity index (χ4v) is 5.87. The van der Waals surface area contributed by atoms with E-state index in [2.05, 4.69) is 12.4 Å². The van der Waals surface area contributed by atoms with Gasteiger partial charge in [-0.25, -0.2) is 9.59 Å². The van der Waals surface area contributed by atoms with Gasteiger partial charge in [-0.3, -0.25) is 4.79 Å². The highest BCUT2D eigenvalue weighted by atomic mass is 19.4. The smallest absolute Gasteiger partial charge is 0.430 e. The zero-order valence-electron chi connectivity index (χ0n) is 27.4. The molecule has 1 saturated heterocycles. The quantitative estimate of drug-likeness (QED) is 0.162. The van der Waals surface area contributed by atoms with Crippen LogP contribution in [-0.4, -0.2) is 85.1 Å². The number of nitrogens with two attached hydrogens (primary N) is 2. The van der Waals surface area contributed by atoms with E-state index in [1.807, 2.05) is 30.3 Å². The van der Waals surface area contributed by atoms with Crippen molar-refractivity contribution in [3.8, 4) is 11.5 Å². The lowest BCUT2D eigenvalue weighted by molar-refractivity contribution is -0.911. The molecule has 1 fully saturated rings. The average Bonchev–Trinajstić information content (AvgIpc) is 3.68. The number of anilines is 2. The van der Waals surface area contributed by atoms with Gasteiger partial charge in [0.1, 0.15) is 18.6 Å². The zero-order valence-corrected chi connectivity index (χ0v) is 27.4. The lowest BCUT2D eigenvalue weighted by Gasteiger charge is -2.36. The second kappa shape index (κ2) is 15.8. The number of aliphatic carboxylic acids is 1. The number of esters is 1. The van der Waals surface area contributed by atoms with E-state index in [1.165, 1.54) is 0 Å². The van der Waals surface area contributed by atoms with Gasteiger partial charge in [0.2, 0.25) is 12.7 Å². The number of fused-ring (bicyclic) bond motifs is 1. The Morgan fingerprint density at radius 2 is 1.64 bits per heavy atom. The summed E-state index contributed by atoms with van der Waals surface area (Å²) in [6.45, 7) is 4.35. The van der Waals surface area contributed by atoms with Crippen molar-refractivity contribution in [2.24, 2.45) is 5.73 Å². The summed E-state index contributed by atoms with van der Waals surface area (Å²) in [4.78, 5) is 49.4. The van der Waals surface area contributed by atoms with Crippen LogP contribution in [0.3, 0.4) is 0 Å². The number of carboxylic acid groups (broad SMARTS) is 1. The molecule has 3 amide bonds. The number of carboxylic acids is 1. The number of carbonyl (C=O) groups excluding carboxylic acids is 4. The molecule has 0 spiro atoms. The van der Waals surface area contributed by atoms with Gasteiger partial charge in [-0.1, -0.05) is 12.1 Å². The number of hydrogen-bond donors (Lipinski definition) is 3. The molecule has 2 aliphatic heterocycles. The standard InChI is InChI=1S/C32H37N5O6.C2HF3O2/c1-3-41-31(39)23-7-11-25(12-8-23)35-32(40)36(27(30(34)38)16-21-4-9-24(33)10-5-21)26-14-15-37(2,19-26)18-22-6-13-28-29(17-22)43-20-42-28;3-2(4,5)1(6)7/h4-13,17,26-27H,3,14-16,18-20,33H2,1-2H3,(H2-,34,35,38,39,40);(H,6,7)/t26-,27+,37?;/m1./s1. The number of alkyl halides is 3. The van der Waals surface area contributed by atoms with Crippen LogP contribution in [0.15, 0.2) is 66.7 Å². The molecule has 2 aliphatic rings. The van der Waals surface area contributed by atoms with Crippen LogP contribution in [0, 0.1) is 0 Å². The number of likely N-dealkylation sites (tertiary alicyclic amines) is 1. The number of primary amides is 1. The SMILES string of the molecule is CCOC(=O)c1ccc(NC(=O)N([C@@H]2CC[N+](C)(Cc3ccc4c(c3)OCO4)C2)[C@@H](Cc2ccc(N)cc2)C(N)=O)cc1.O=C([O-])C(F)(F)F. The van der Waals surface area contributed by atoms with Crippen molar-refractivity contribution in [1.82, 2.24) is 4.90 Å². The molecule has 0 bridgehead atoms. The van der Waals surface area contributed by atoms with Gasteiger partial charge in [0, 0.05) is 29.8 Å². The molecule has 5 N–H and O–H groups in total. The topological polar surface area (TPSA) is 186 Å². The monoisotopic (exact) mass is 701 g/mol. The molecule has 0 saturated carbocycles. The van der Waals surface area contributed by atoms with Crippen LogP contribution in [0.4, 0.5) is 29.3 Å². The average molecular weight is 702 g/mol. The highest BCUT2D eigenvalue weighted by molar-refractivity contribution is 5.95. The second-order valence-corrected chi connectivity index (χ2v) is 12.1. The summed E-state index contributed by atoms with van der Waals surface area (Å²) >= 11 is 0. The summed E-state index contributed by atoms with van der Waals surface area (Å²) in [6, 6.07) is 18.0. The number of carbonyl (C=O) groups is 4. The van der Waals surface area contributed by atoms with Crippen molar-refractivity contribution in [3.63, 3.8) is 0 Å². The predicted molar refractivity (Wildman–Crippen MR) is 172 cm³/mol. The largest absolute Gasteiger partial charge is 0.542 e. The number of amides is 3. The Morgan fingerprint density at radius 1 is 1.02 bits per heavy atom. The molecule has 2 heterocycles. The molecule has 0 aliphatic carbocycles. The fraction of sp³-hybridized carbons (Fsp3) is 0.353. The van der Waals surface area contributed by atoms with Gasteiger partial charge in [0.25, 0.3) is 0 Å². The number of benzene rings is 3. The second-order valence-electron chi connectivity index (χ2n) is 12.1. The van der Waals surface area contributed by atoms with E-state index in [4.69, 9.17) is 35.6 Å². The van der Waals surface area contributed by atoms with Gasteiger partial charge >= 0.3 is 18.2 Å². The van der Waals surface area contributed by atoms with Gasteiger partial charge in [-0.15, -0.1) is 0 Å². The van der Waals surface area contributed by atoms with E-state index < -0.39 is 36.1 Å². The van der Waals surface area contributed by atoms with Crippen LogP contribution in [0.1, 0.15) is 34.8 Å². The summed E-state index contributed by atoms with van der Waals surface area (Å²) in [6.07, 6.45) is -4.27. The lowest BCUT2D eigenvalue weighted by atomic mass is 10.0. The van der Waals surface area contributed by atoms with Crippen molar-refractivity contribution in [1.29, 1.82) is 0 Å². The minimum Gasteiger partial charge on any atom is -0.542 e. The molecule has 16 heteroatoms. The molecule has 268 valence electrons. The first-order valence-corrected chi connectivity index (χ1v) is 15.6. The van der Waals surface area contributed by atoms with E-state index in [0.29, 0.717) is 34.4 Å². The van der Waals surface area contributed by atoms with Crippen molar-refractivity contribution in [2.45, 2.75) is 44.6 Å². The number of nitrogens with zero attached hydrogens (tertiary/aromatic N) is 2. The molecular formula is C34H38F3N5O8. The maximum absolute atomic E-state index is 14.0. The molecule has 3 atom stereocenters. The first kappa shape index (κ1) is 37.3. The number of likely N-dealkylation sites (N-methyl/N-ethyl adjacent to an activating group) is 1. The number of nitrogens with one attached hydrogen (secondary N) is 1. The molecule has 50 heavy (non-hydrogen) atoms. The number of hydrogen-bond acceptors (Lipinski definition) is 9. The van der Waals surface area contributed by atoms with Gasteiger partial charge in [-0.2, -0.15) is 13.2 Å². The number of quaternary nitrogens is 1. The highest BCUT2D eigenvalue weighted by Gasteiger charge is 2.44. The van der Waals surface area contributed by atoms with Crippen molar-refractivity contribution in [3.05, 3.63) is 83.4 Å². The summed E-state index contributed by atoms with van der Waals surface area (Å²) in [5, 5.41) is 11.7. The summed E-state index contributed by atoms with van der Waals surface area (Å²) in [5.41, 5.74) is 15.2. The third kappa shape index (κ3) is 9.78. The summed E-state index contributed by atoms with van der Waals surface area (Å²) in [5.74, 6) is -2.58. The van der Waals surface area contributed by atoms with Crippen LogP contribution >= 0.6 is 0 Å². The van der Waals surface area contributed by atoms with E-state index in [-0.39, 0.29) is 25.9 Å². The van der Waals surface area contributed by atoms with Crippen molar-refractivity contribution < 1.29 is 56.1 Å². The Balaban J connectivity index is 0.000000727. The minimum atomic E-state index is -5.19. The first-order valence-electron chi connectivity index (χ1n) is 15.6. The van der Waals surface area contributed by atoms with E-state index in [0.717, 1.165) is 35.7 Å². The zero-order chi connectivity index (χ0) is 36.6. The third-order valence-corrected chi connectivity index (χ3v) is 8.23. The van der Waals surface area contributed by atoms with Crippen LogP contribution in [0.5, 0.6) is 11.5 Å². The number of nitrogen functional groups attached to an aromatic ring is 1. The Kier molecular flexibility index (Phi) is 11.8. The van der Waals surface area contributed by atoms with Crippen LogP contribution in [0.25, 0.3) is 0 Å².